The summed E-state index contributed by atoms with van der Waals surface area (Å²) in [4.78, 5) is 26.7. The Morgan fingerprint density at radius 2 is 1.68 bits per heavy atom. The summed E-state index contributed by atoms with van der Waals surface area (Å²) in [6, 6.07) is 14.7. The number of benzene rings is 2. The molecular formula is C19H18N4O2. The maximum absolute atomic E-state index is 12.6. The third kappa shape index (κ3) is 2.98. The summed E-state index contributed by atoms with van der Waals surface area (Å²) in [5.74, 6) is -0.346. The molecule has 3 aromatic rings. The monoisotopic (exact) mass is 334 g/mol. The van der Waals surface area contributed by atoms with Crippen LogP contribution in [0.5, 0.6) is 0 Å². The zero-order valence-corrected chi connectivity index (χ0v) is 13.7. The molecule has 1 saturated heterocycles. The third-order valence-electron chi connectivity index (χ3n) is 4.51. The number of amides is 1. The first-order chi connectivity index (χ1) is 12.2. The van der Waals surface area contributed by atoms with Crippen molar-refractivity contribution in [2.75, 3.05) is 23.3 Å². The average molecular weight is 334 g/mol. The first-order valence-corrected chi connectivity index (χ1v) is 8.36. The van der Waals surface area contributed by atoms with Crippen molar-refractivity contribution in [3.05, 3.63) is 64.6 Å². The van der Waals surface area contributed by atoms with Crippen molar-refractivity contribution in [3.63, 3.8) is 0 Å². The minimum Gasteiger partial charge on any atom is -0.372 e. The number of fused-ring (bicyclic) bond motifs is 1. The minimum atomic E-state index is -0.346. The molecule has 2 N–H and O–H groups in total. The van der Waals surface area contributed by atoms with E-state index in [1.165, 1.54) is 18.5 Å². The molecule has 2 heterocycles. The van der Waals surface area contributed by atoms with Crippen molar-refractivity contribution in [1.82, 2.24) is 10.2 Å². The molecule has 1 amide bonds. The largest absolute Gasteiger partial charge is 0.372 e. The summed E-state index contributed by atoms with van der Waals surface area (Å²) in [5.41, 5.74) is 1.77. The molecule has 0 spiro atoms. The van der Waals surface area contributed by atoms with Crippen LogP contribution in [0.1, 0.15) is 23.3 Å². The number of aromatic nitrogens is 2. The normalized spacial score (nSPS) is 14.0. The molecule has 1 fully saturated rings. The molecule has 0 aliphatic carbocycles. The quantitative estimate of drug-likeness (QED) is 0.772. The fourth-order valence-corrected chi connectivity index (χ4v) is 3.21. The highest BCUT2D eigenvalue weighted by molar-refractivity contribution is 6.11. The highest BCUT2D eigenvalue weighted by atomic mass is 16.2. The van der Waals surface area contributed by atoms with Crippen LogP contribution in [-0.4, -0.2) is 29.2 Å². The predicted molar refractivity (Wildman–Crippen MR) is 98.2 cm³/mol. The van der Waals surface area contributed by atoms with Crippen molar-refractivity contribution < 1.29 is 4.79 Å². The Kier molecular flexibility index (Phi) is 3.93. The minimum absolute atomic E-state index is 0.207. The highest BCUT2D eigenvalue weighted by Gasteiger charge is 2.15. The summed E-state index contributed by atoms with van der Waals surface area (Å²) in [6.45, 7) is 2.16. The Morgan fingerprint density at radius 3 is 2.40 bits per heavy atom. The van der Waals surface area contributed by atoms with Gasteiger partial charge in [0, 0.05) is 29.9 Å². The Bertz CT molecular complexity index is 973. The van der Waals surface area contributed by atoms with E-state index in [-0.39, 0.29) is 17.2 Å². The van der Waals surface area contributed by atoms with Crippen molar-refractivity contribution >= 4 is 28.1 Å². The zero-order chi connectivity index (χ0) is 17.2. The van der Waals surface area contributed by atoms with E-state index in [0.29, 0.717) is 16.5 Å². The number of carbonyl (C=O) groups excluding carboxylic acids is 1. The van der Waals surface area contributed by atoms with E-state index in [1.54, 1.807) is 24.3 Å². The number of rotatable bonds is 3. The molecule has 6 nitrogen and oxygen atoms in total. The van der Waals surface area contributed by atoms with Crippen LogP contribution in [0.25, 0.3) is 10.8 Å². The van der Waals surface area contributed by atoms with E-state index in [1.807, 2.05) is 24.3 Å². The summed E-state index contributed by atoms with van der Waals surface area (Å²) < 4.78 is 0. The van der Waals surface area contributed by atoms with Gasteiger partial charge in [-0.1, -0.05) is 18.2 Å². The molecule has 126 valence electrons. The molecule has 0 unspecified atom stereocenters. The second-order valence-corrected chi connectivity index (χ2v) is 6.14. The molecular weight excluding hydrogens is 316 g/mol. The first kappa shape index (κ1) is 15.4. The smallest absolute Gasteiger partial charge is 0.276 e. The molecule has 0 bridgehead atoms. The molecule has 4 rings (SSSR count). The molecule has 1 aromatic heterocycles. The Balaban J connectivity index is 1.58. The summed E-state index contributed by atoms with van der Waals surface area (Å²) in [7, 11) is 0. The lowest BCUT2D eigenvalue weighted by Crippen LogP contribution is -2.19. The van der Waals surface area contributed by atoms with Gasteiger partial charge in [0.25, 0.3) is 11.5 Å². The number of anilines is 2. The van der Waals surface area contributed by atoms with Gasteiger partial charge in [0.05, 0.1) is 5.39 Å². The molecule has 2 aromatic carbocycles. The molecule has 1 aliphatic heterocycles. The van der Waals surface area contributed by atoms with Crippen molar-refractivity contribution in [1.29, 1.82) is 0 Å². The summed E-state index contributed by atoms with van der Waals surface area (Å²) in [6.07, 6.45) is 2.45. The van der Waals surface area contributed by atoms with E-state index < -0.39 is 0 Å². The average Bonchev–Trinajstić information content (AvgIpc) is 3.17. The van der Waals surface area contributed by atoms with Crippen LogP contribution >= 0.6 is 0 Å². The molecule has 6 heteroatoms. The van der Waals surface area contributed by atoms with Crippen LogP contribution < -0.4 is 15.8 Å². The van der Waals surface area contributed by atoms with Gasteiger partial charge >= 0.3 is 0 Å². The second kappa shape index (κ2) is 6.39. The van der Waals surface area contributed by atoms with Gasteiger partial charge in [-0.25, -0.2) is 5.10 Å². The van der Waals surface area contributed by atoms with Crippen LogP contribution in [0.2, 0.25) is 0 Å². The van der Waals surface area contributed by atoms with Gasteiger partial charge in [-0.3, -0.25) is 9.59 Å². The lowest BCUT2D eigenvalue weighted by Gasteiger charge is -2.17. The van der Waals surface area contributed by atoms with E-state index in [4.69, 9.17) is 0 Å². The van der Waals surface area contributed by atoms with Gasteiger partial charge in [-0.05, 0) is 43.2 Å². The maximum Gasteiger partial charge on any atom is 0.276 e. The van der Waals surface area contributed by atoms with E-state index in [9.17, 15) is 9.59 Å². The molecule has 25 heavy (non-hydrogen) atoms. The predicted octanol–water partition coefficient (Wildman–Crippen LogP) is 2.78. The summed E-state index contributed by atoms with van der Waals surface area (Å²) in [5, 5.41) is 10.1. The van der Waals surface area contributed by atoms with Crippen LogP contribution in [0, 0.1) is 0 Å². The van der Waals surface area contributed by atoms with E-state index in [2.05, 4.69) is 20.4 Å². The zero-order valence-electron chi connectivity index (χ0n) is 13.7. The highest BCUT2D eigenvalue weighted by Crippen LogP contribution is 2.22. The van der Waals surface area contributed by atoms with Crippen molar-refractivity contribution in [2.24, 2.45) is 0 Å². The Labute approximate surface area is 144 Å². The van der Waals surface area contributed by atoms with E-state index >= 15 is 0 Å². The number of hydrogen-bond acceptors (Lipinski definition) is 4. The van der Waals surface area contributed by atoms with Crippen LogP contribution in [0.3, 0.4) is 0 Å². The van der Waals surface area contributed by atoms with Gasteiger partial charge in [-0.2, -0.15) is 5.10 Å². The fraction of sp³-hybridized carbons (Fsp3) is 0.211. The molecule has 0 atom stereocenters. The number of aromatic amines is 1. The van der Waals surface area contributed by atoms with Crippen LogP contribution in [-0.2, 0) is 0 Å². The number of hydrogen-bond donors (Lipinski definition) is 2. The maximum atomic E-state index is 12.6. The number of carbonyl (C=O) groups is 1. The van der Waals surface area contributed by atoms with Crippen LogP contribution in [0.4, 0.5) is 11.4 Å². The number of nitrogens with one attached hydrogen (secondary N) is 2. The third-order valence-corrected chi connectivity index (χ3v) is 4.51. The van der Waals surface area contributed by atoms with Gasteiger partial charge < -0.3 is 10.2 Å². The SMILES string of the molecule is O=C(Nc1ccc(N2CCCC2)cc1)c1n[nH]c(=O)c2ccccc12. The lowest BCUT2D eigenvalue weighted by molar-refractivity contribution is 0.102. The first-order valence-electron chi connectivity index (χ1n) is 8.36. The van der Waals surface area contributed by atoms with Gasteiger partial charge in [0.15, 0.2) is 5.69 Å². The fourth-order valence-electron chi connectivity index (χ4n) is 3.21. The molecule has 0 saturated carbocycles. The van der Waals surface area contributed by atoms with Crippen LogP contribution in [0.15, 0.2) is 53.3 Å². The molecule has 1 aliphatic rings. The van der Waals surface area contributed by atoms with Gasteiger partial charge in [-0.15, -0.1) is 0 Å². The van der Waals surface area contributed by atoms with Gasteiger partial charge in [0.2, 0.25) is 0 Å². The Hall–Kier alpha value is -3.15. The topological polar surface area (TPSA) is 78.1 Å². The second-order valence-electron chi connectivity index (χ2n) is 6.14. The molecule has 0 radical (unpaired) electrons. The number of H-pyrrole nitrogens is 1. The van der Waals surface area contributed by atoms with Crippen molar-refractivity contribution in [3.8, 4) is 0 Å². The standard InChI is InChI=1S/C19H18N4O2/c24-18-16-6-2-1-5-15(16)17(21-22-18)19(25)20-13-7-9-14(10-8-13)23-11-3-4-12-23/h1-2,5-10H,3-4,11-12H2,(H,20,25)(H,22,24). The van der Waals surface area contributed by atoms with Crippen molar-refractivity contribution in [2.45, 2.75) is 12.8 Å². The van der Waals surface area contributed by atoms with E-state index in [0.717, 1.165) is 13.1 Å². The lowest BCUT2D eigenvalue weighted by atomic mass is 10.1. The summed E-state index contributed by atoms with van der Waals surface area (Å²) >= 11 is 0. The number of nitrogens with zero attached hydrogens (tertiary/aromatic N) is 2. The Morgan fingerprint density at radius 1 is 1.00 bits per heavy atom. The van der Waals surface area contributed by atoms with Gasteiger partial charge in [0.1, 0.15) is 0 Å².